The second-order valence-electron chi connectivity index (χ2n) is 10.4. The molecule has 0 atom stereocenters. The number of anilines is 1. The summed E-state index contributed by atoms with van der Waals surface area (Å²) in [5.74, 6) is 1.06. The summed E-state index contributed by atoms with van der Waals surface area (Å²) in [6.07, 6.45) is 3.47. The van der Waals surface area contributed by atoms with Crippen LogP contribution < -0.4 is 5.32 Å². The summed E-state index contributed by atoms with van der Waals surface area (Å²) >= 11 is 0. The fourth-order valence-electron chi connectivity index (χ4n) is 5.87. The van der Waals surface area contributed by atoms with Crippen molar-refractivity contribution < 1.29 is 22.8 Å². The maximum Gasteiger partial charge on any atom is 0.416 e. The molecule has 10 heteroatoms. The lowest BCUT2D eigenvalue weighted by atomic mass is 9.81. The molecule has 1 aromatic carbocycles. The van der Waals surface area contributed by atoms with Crippen molar-refractivity contribution in [2.45, 2.75) is 57.2 Å². The number of benzene rings is 1. The number of ketones is 1. The highest BCUT2D eigenvalue weighted by molar-refractivity contribution is 5.91. The number of amides is 1. The number of halogens is 3. The molecule has 5 rings (SSSR count). The lowest BCUT2D eigenvalue weighted by Gasteiger charge is -2.46. The minimum Gasteiger partial charge on any atom is -0.362 e. The van der Waals surface area contributed by atoms with Gasteiger partial charge in [-0.1, -0.05) is 0 Å². The van der Waals surface area contributed by atoms with Crippen LogP contribution in [0.4, 0.5) is 19.0 Å². The van der Waals surface area contributed by atoms with Crippen LogP contribution in [0.1, 0.15) is 50.5 Å². The largest absolute Gasteiger partial charge is 0.416 e. The van der Waals surface area contributed by atoms with Crippen LogP contribution in [0, 0.1) is 11.8 Å². The molecular formula is C26H32F3N5O2. The number of Topliss-reactive ketones (excluding diaryl/α,β-unsaturated/α-hetero) is 1. The van der Waals surface area contributed by atoms with Crippen molar-refractivity contribution in [1.29, 1.82) is 0 Å². The van der Waals surface area contributed by atoms with Crippen LogP contribution in [-0.2, 0) is 15.8 Å². The van der Waals surface area contributed by atoms with Gasteiger partial charge in [-0.15, -0.1) is 0 Å². The molecule has 1 aromatic heterocycles. The molecule has 3 aliphatic rings. The molecule has 0 bridgehead atoms. The molecule has 7 nitrogen and oxygen atoms in total. The smallest absolute Gasteiger partial charge is 0.362 e. The monoisotopic (exact) mass is 503 g/mol. The standard InChI is InChI=1S/C26H32F3N5O2/c27-26(28,29)19-5-8-23-22(12-19)24(32-16-31-23)30-13-21(35)11-17-14-34(15-17)20-6-3-18(4-7-20)25(36)33-9-1-2-10-33/h5,8,12,16-18,20H,1-4,6-7,9-11,13-15H2,(H,30,31,32). The highest BCUT2D eigenvalue weighted by atomic mass is 19.4. The topological polar surface area (TPSA) is 78.4 Å². The van der Waals surface area contributed by atoms with Crippen LogP contribution in [0.2, 0.25) is 0 Å². The van der Waals surface area contributed by atoms with Gasteiger partial charge in [-0.05, 0) is 62.6 Å². The van der Waals surface area contributed by atoms with E-state index in [0.29, 0.717) is 29.8 Å². The average molecular weight is 504 g/mol. The van der Waals surface area contributed by atoms with Gasteiger partial charge < -0.3 is 10.2 Å². The lowest BCUT2D eigenvalue weighted by molar-refractivity contribution is -0.137. The SMILES string of the molecule is O=C(CNc1ncnc2ccc(C(F)(F)F)cc12)CC1CN(C2CCC(C(=O)N3CCCC3)CC2)C1. The Balaban J connectivity index is 1.06. The van der Waals surface area contributed by atoms with E-state index in [-0.39, 0.29) is 29.4 Å². The van der Waals surface area contributed by atoms with E-state index in [1.165, 1.54) is 12.4 Å². The number of alkyl halides is 3. The van der Waals surface area contributed by atoms with Crippen molar-refractivity contribution in [3.8, 4) is 0 Å². The van der Waals surface area contributed by atoms with E-state index in [0.717, 1.165) is 76.8 Å². The van der Waals surface area contributed by atoms with Crippen molar-refractivity contribution in [2.75, 3.05) is 38.0 Å². The molecule has 3 fully saturated rings. The van der Waals surface area contributed by atoms with Gasteiger partial charge in [0.05, 0.1) is 17.6 Å². The second-order valence-corrected chi connectivity index (χ2v) is 10.4. The van der Waals surface area contributed by atoms with E-state index < -0.39 is 11.7 Å². The summed E-state index contributed by atoms with van der Waals surface area (Å²) in [5.41, 5.74) is -0.386. The van der Waals surface area contributed by atoms with Crippen LogP contribution in [0.5, 0.6) is 0 Å². The highest BCUT2D eigenvalue weighted by Gasteiger charge is 2.37. The lowest BCUT2D eigenvalue weighted by Crippen LogP contribution is -2.54. The molecule has 1 N–H and O–H groups in total. The van der Waals surface area contributed by atoms with Crippen molar-refractivity contribution >= 4 is 28.4 Å². The number of rotatable bonds is 7. The molecule has 1 aliphatic carbocycles. The Morgan fingerprint density at radius 1 is 1.03 bits per heavy atom. The van der Waals surface area contributed by atoms with Crippen LogP contribution in [0.15, 0.2) is 24.5 Å². The first-order valence-electron chi connectivity index (χ1n) is 12.9. The quantitative estimate of drug-likeness (QED) is 0.612. The molecule has 194 valence electrons. The van der Waals surface area contributed by atoms with Crippen LogP contribution in [0.3, 0.4) is 0 Å². The van der Waals surface area contributed by atoms with Crippen molar-refractivity contribution in [2.24, 2.45) is 11.8 Å². The third-order valence-electron chi connectivity index (χ3n) is 7.90. The summed E-state index contributed by atoms with van der Waals surface area (Å²) in [6, 6.07) is 3.81. The van der Waals surface area contributed by atoms with Crippen LogP contribution >= 0.6 is 0 Å². The number of aromatic nitrogens is 2. The molecule has 1 saturated carbocycles. The fourth-order valence-corrected chi connectivity index (χ4v) is 5.87. The number of carbonyl (C=O) groups is 2. The Morgan fingerprint density at radius 3 is 2.44 bits per heavy atom. The van der Waals surface area contributed by atoms with Gasteiger partial charge in [-0.2, -0.15) is 13.2 Å². The Bertz CT molecular complexity index is 1100. The fraction of sp³-hybridized carbons (Fsp3) is 0.615. The van der Waals surface area contributed by atoms with E-state index in [4.69, 9.17) is 0 Å². The molecule has 3 heterocycles. The molecule has 2 saturated heterocycles. The zero-order valence-electron chi connectivity index (χ0n) is 20.3. The van der Waals surface area contributed by atoms with Crippen molar-refractivity contribution in [3.63, 3.8) is 0 Å². The minimum absolute atomic E-state index is 0.0123. The first-order chi connectivity index (χ1) is 17.3. The summed E-state index contributed by atoms with van der Waals surface area (Å²) in [6.45, 7) is 3.61. The van der Waals surface area contributed by atoms with Gasteiger partial charge in [-0.25, -0.2) is 9.97 Å². The molecule has 0 spiro atoms. The van der Waals surface area contributed by atoms with E-state index in [2.05, 4.69) is 20.2 Å². The Labute approximate surface area is 208 Å². The normalized spacial score (nSPS) is 23.6. The van der Waals surface area contributed by atoms with Crippen molar-refractivity contribution in [1.82, 2.24) is 19.8 Å². The Morgan fingerprint density at radius 2 is 1.75 bits per heavy atom. The molecule has 1 amide bonds. The van der Waals surface area contributed by atoms with Gasteiger partial charge in [0.1, 0.15) is 12.1 Å². The van der Waals surface area contributed by atoms with Crippen LogP contribution in [-0.4, -0.2) is 70.2 Å². The number of likely N-dealkylation sites (tertiary alicyclic amines) is 2. The predicted octanol–water partition coefficient (Wildman–Crippen LogP) is 4.13. The number of nitrogens with zero attached hydrogens (tertiary/aromatic N) is 4. The summed E-state index contributed by atoms with van der Waals surface area (Å²) in [4.78, 5) is 37.7. The van der Waals surface area contributed by atoms with Gasteiger partial charge in [0.2, 0.25) is 5.91 Å². The number of carbonyl (C=O) groups excluding carboxylic acids is 2. The van der Waals surface area contributed by atoms with E-state index in [1.807, 2.05) is 4.90 Å². The molecule has 36 heavy (non-hydrogen) atoms. The molecule has 0 unspecified atom stereocenters. The molecule has 0 radical (unpaired) electrons. The first kappa shape index (κ1) is 24.9. The van der Waals surface area contributed by atoms with Gasteiger partial charge in [0.25, 0.3) is 0 Å². The Hall–Kier alpha value is -2.75. The summed E-state index contributed by atoms with van der Waals surface area (Å²) in [5, 5.41) is 3.16. The zero-order chi connectivity index (χ0) is 25.3. The number of nitrogens with one attached hydrogen (secondary N) is 1. The van der Waals surface area contributed by atoms with Gasteiger partial charge in [-0.3, -0.25) is 14.5 Å². The summed E-state index contributed by atoms with van der Waals surface area (Å²) in [7, 11) is 0. The molecule has 2 aliphatic heterocycles. The number of hydrogen-bond acceptors (Lipinski definition) is 6. The predicted molar refractivity (Wildman–Crippen MR) is 129 cm³/mol. The van der Waals surface area contributed by atoms with E-state index in [1.54, 1.807) is 0 Å². The second kappa shape index (κ2) is 10.3. The minimum atomic E-state index is -4.46. The first-order valence-corrected chi connectivity index (χ1v) is 12.9. The van der Waals surface area contributed by atoms with Crippen molar-refractivity contribution in [3.05, 3.63) is 30.1 Å². The third kappa shape index (κ3) is 5.48. The summed E-state index contributed by atoms with van der Waals surface area (Å²) < 4.78 is 39.3. The van der Waals surface area contributed by atoms with Gasteiger partial charge >= 0.3 is 6.18 Å². The van der Waals surface area contributed by atoms with Gasteiger partial charge in [0.15, 0.2) is 5.78 Å². The highest BCUT2D eigenvalue weighted by Crippen LogP contribution is 2.34. The maximum absolute atomic E-state index is 13.1. The number of hydrogen-bond donors (Lipinski definition) is 1. The maximum atomic E-state index is 13.1. The van der Waals surface area contributed by atoms with Crippen LogP contribution in [0.25, 0.3) is 10.9 Å². The Kier molecular flexibility index (Phi) is 7.14. The van der Waals surface area contributed by atoms with E-state index in [9.17, 15) is 22.8 Å². The number of fused-ring (bicyclic) bond motifs is 1. The molecular weight excluding hydrogens is 471 g/mol. The third-order valence-corrected chi connectivity index (χ3v) is 7.90. The average Bonchev–Trinajstić information content (AvgIpc) is 3.38. The molecule has 2 aromatic rings. The zero-order valence-corrected chi connectivity index (χ0v) is 20.3. The van der Waals surface area contributed by atoms with Gasteiger partial charge in [0, 0.05) is 49.9 Å². The van der Waals surface area contributed by atoms with E-state index >= 15 is 0 Å².